The van der Waals surface area contributed by atoms with Crippen LogP contribution < -0.4 is 0 Å². The van der Waals surface area contributed by atoms with Crippen molar-refractivity contribution in [3.63, 3.8) is 0 Å². The van der Waals surface area contributed by atoms with E-state index < -0.39 is 0 Å². The second-order valence-corrected chi connectivity index (χ2v) is 11.7. The number of benzene rings is 1. The van der Waals surface area contributed by atoms with Crippen LogP contribution in [0.5, 0.6) is 0 Å². The third-order valence-electron chi connectivity index (χ3n) is 8.15. The molecule has 0 bridgehead atoms. The average Bonchev–Trinajstić information content (AvgIpc) is 3.31. The van der Waals surface area contributed by atoms with Crippen molar-refractivity contribution in [2.75, 3.05) is 0 Å². The first-order valence-corrected chi connectivity index (χ1v) is 14.3. The van der Waals surface area contributed by atoms with Crippen molar-refractivity contribution in [2.45, 2.75) is 104 Å². The fourth-order valence-electron chi connectivity index (χ4n) is 5.94. The molecule has 3 fully saturated rings. The number of amides is 1. The van der Waals surface area contributed by atoms with Gasteiger partial charge >= 0.3 is 0 Å². The fourth-order valence-corrected chi connectivity index (χ4v) is 7.04. The van der Waals surface area contributed by atoms with Gasteiger partial charge in [-0.15, -0.1) is 0 Å². The Hall–Kier alpha value is -2.27. The van der Waals surface area contributed by atoms with Crippen molar-refractivity contribution in [2.24, 2.45) is 4.99 Å². The molecule has 2 heterocycles. The van der Waals surface area contributed by atoms with Crippen LogP contribution in [0.3, 0.4) is 0 Å². The molecule has 2 saturated carbocycles. The van der Waals surface area contributed by atoms with E-state index in [1.54, 1.807) is 11.8 Å². The van der Waals surface area contributed by atoms with E-state index >= 15 is 0 Å². The number of rotatable bonds is 4. The SMILES string of the molecule is Cc1ccc(-n2c(C)cc(C=C3SC(=NC4CCCCC4)N(C4CCCCC4)C3=O)c2C)cc1C. The summed E-state index contributed by atoms with van der Waals surface area (Å²) in [4.78, 5) is 21.8. The highest BCUT2D eigenvalue weighted by Crippen LogP contribution is 2.39. The first kappa shape index (κ1) is 24.4. The molecule has 4 nitrogen and oxygen atoms in total. The fraction of sp³-hybridized carbons (Fsp3) is 0.533. The first-order valence-electron chi connectivity index (χ1n) is 13.5. The third-order valence-corrected chi connectivity index (χ3v) is 9.15. The number of aliphatic imine (C=N–C) groups is 1. The molecule has 1 aromatic heterocycles. The Morgan fingerprint density at radius 3 is 2.26 bits per heavy atom. The summed E-state index contributed by atoms with van der Waals surface area (Å²) in [6.07, 6.45) is 14.2. The van der Waals surface area contributed by atoms with Crippen molar-refractivity contribution in [3.05, 3.63) is 57.2 Å². The van der Waals surface area contributed by atoms with Gasteiger partial charge in [-0.25, -0.2) is 0 Å². The Labute approximate surface area is 214 Å². The van der Waals surface area contributed by atoms with Crippen molar-refractivity contribution < 1.29 is 4.79 Å². The van der Waals surface area contributed by atoms with E-state index in [0.29, 0.717) is 12.1 Å². The number of aromatic nitrogens is 1. The third kappa shape index (κ3) is 5.02. The van der Waals surface area contributed by atoms with Crippen molar-refractivity contribution in [1.82, 2.24) is 9.47 Å². The highest BCUT2D eigenvalue weighted by Gasteiger charge is 2.39. The van der Waals surface area contributed by atoms with Gasteiger partial charge in [0.15, 0.2) is 5.17 Å². The lowest BCUT2D eigenvalue weighted by molar-refractivity contribution is -0.124. The van der Waals surface area contributed by atoms with Crippen LogP contribution in [0.2, 0.25) is 0 Å². The molecule has 186 valence electrons. The Morgan fingerprint density at radius 1 is 0.886 bits per heavy atom. The molecular formula is C30H39N3OS. The Morgan fingerprint density at radius 2 is 1.57 bits per heavy atom. The summed E-state index contributed by atoms with van der Waals surface area (Å²) in [6, 6.07) is 9.52. The smallest absolute Gasteiger partial charge is 0.267 e. The van der Waals surface area contributed by atoms with E-state index in [2.05, 4.69) is 67.5 Å². The van der Waals surface area contributed by atoms with E-state index in [1.165, 1.54) is 66.7 Å². The molecule has 0 N–H and O–H groups in total. The maximum atomic E-state index is 13.8. The van der Waals surface area contributed by atoms with Gasteiger partial charge in [0, 0.05) is 23.1 Å². The summed E-state index contributed by atoms with van der Waals surface area (Å²) >= 11 is 1.61. The van der Waals surface area contributed by atoms with Crippen LogP contribution >= 0.6 is 11.8 Å². The first-order chi connectivity index (χ1) is 16.9. The molecule has 0 spiro atoms. The minimum Gasteiger partial charge on any atom is -0.318 e. The predicted octanol–water partition coefficient (Wildman–Crippen LogP) is 7.65. The standard InChI is InChI=1S/C30H39N3OS/c1-20-15-16-27(17-21(20)2)32-22(3)18-24(23(32)4)19-28-29(34)33(26-13-9-6-10-14-26)30(35-28)31-25-11-7-5-8-12-25/h15-19,25-26H,5-14H2,1-4H3. The van der Waals surface area contributed by atoms with Crippen LogP contribution in [0, 0.1) is 27.7 Å². The molecule has 35 heavy (non-hydrogen) atoms. The normalized spacial score (nSPS) is 22.6. The Kier molecular flexibility index (Phi) is 7.24. The molecule has 3 aliphatic rings. The maximum absolute atomic E-state index is 13.8. The topological polar surface area (TPSA) is 37.6 Å². The van der Waals surface area contributed by atoms with Crippen LogP contribution in [0.1, 0.15) is 92.3 Å². The number of nitrogens with zero attached hydrogens (tertiary/aromatic N) is 3. The lowest BCUT2D eigenvalue weighted by atomic mass is 9.94. The van der Waals surface area contributed by atoms with Crippen molar-refractivity contribution in [3.8, 4) is 5.69 Å². The minimum atomic E-state index is 0.160. The number of hydrogen-bond acceptors (Lipinski definition) is 3. The molecule has 5 heteroatoms. The predicted molar refractivity (Wildman–Crippen MR) is 148 cm³/mol. The molecule has 5 rings (SSSR count). The van der Waals surface area contributed by atoms with E-state index in [0.717, 1.165) is 41.3 Å². The van der Waals surface area contributed by atoms with E-state index in [1.807, 2.05) is 0 Å². The highest BCUT2D eigenvalue weighted by atomic mass is 32.2. The molecule has 0 unspecified atom stereocenters. The molecule has 1 aliphatic heterocycles. The zero-order valence-electron chi connectivity index (χ0n) is 21.8. The lowest BCUT2D eigenvalue weighted by Crippen LogP contribution is -2.41. The van der Waals surface area contributed by atoms with Gasteiger partial charge in [0.05, 0.1) is 10.9 Å². The van der Waals surface area contributed by atoms with Crippen LogP contribution in [0.15, 0.2) is 34.2 Å². The van der Waals surface area contributed by atoms with E-state index in [4.69, 9.17) is 4.99 Å². The van der Waals surface area contributed by atoms with Crippen LogP contribution in [0.25, 0.3) is 11.8 Å². The molecule has 1 aromatic carbocycles. The van der Waals surface area contributed by atoms with Crippen LogP contribution in [-0.2, 0) is 4.79 Å². The molecule has 2 aliphatic carbocycles. The average molecular weight is 490 g/mol. The number of hydrogen-bond donors (Lipinski definition) is 0. The van der Waals surface area contributed by atoms with Crippen molar-refractivity contribution >= 4 is 28.9 Å². The second kappa shape index (κ2) is 10.4. The number of amidine groups is 1. The largest absolute Gasteiger partial charge is 0.318 e. The quantitative estimate of drug-likeness (QED) is 0.414. The van der Waals surface area contributed by atoms with Gasteiger partial charge in [-0.05, 0) is 106 Å². The van der Waals surface area contributed by atoms with E-state index in [-0.39, 0.29) is 5.91 Å². The second-order valence-electron chi connectivity index (χ2n) is 10.7. The molecule has 0 radical (unpaired) electrons. The summed E-state index contributed by atoms with van der Waals surface area (Å²) < 4.78 is 2.30. The van der Waals surface area contributed by atoms with Gasteiger partial charge in [0.2, 0.25) is 0 Å². The maximum Gasteiger partial charge on any atom is 0.267 e. The number of aryl methyl sites for hydroxylation is 3. The summed E-state index contributed by atoms with van der Waals surface area (Å²) in [5.74, 6) is 0.160. The van der Waals surface area contributed by atoms with Gasteiger partial charge in [0.25, 0.3) is 5.91 Å². The summed E-state index contributed by atoms with van der Waals surface area (Å²) in [6.45, 7) is 8.63. The molecule has 1 amide bonds. The molecular weight excluding hydrogens is 450 g/mol. The van der Waals surface area contributed by atoms with Crippen LogP contribution in [-0.4, -0.2) is 32.6 Å². The van der Waals surface area contributed by atoms with Crippen molar-refractivity contribution in [1.29, 1.82) is 0 Å². The van der Waals surface area contributed by atoms with Gasteiger partial charge in [0.1, 0.15) is 0 Å². The summed E-state index contributed by atoms with van der Waals surface area (Å²) in [5.41, 5.74) is 7.27. The van der Waals surface area contributed by atoms with Gasteiger partial charge < -0.3 is 4.57 Å². The zero-order valence-corrected chi connectivity index (χ0v) is 22.6. The number of thioether (sulfide) groups is 1. The van der Waals surface area contributed by atoms with Gasteiger partial charge in [-0.3, -0.25) is 14.7 Å². The van der Waals surface area contributed by atoms with E-state index in [9.17, 15) is 4.79 Å². The van der Waals surface area contributed by atoms with Crippen LogP contribution in [0.4, 0.5) is 0 Å². The summed E-state index contributed by atoms with van der Waals surface area (Å²) in [5, 5.41) is 0.961. The molecule has 1 saturated heterocycles. The van der Waals surface area contributed by atoms with Gasteiger partial charge in [-0.1, -0.05) is 44.6 Å². The minimum absolute atomic E-state index is 0.160. The lowest BCUT2D eigenvalue weighted by Gasteiger charge is -2.31. The zero-order chi connectivity index (χ0) is 24.5. The number of carbonyl (C=O) groups excluding carboxylic acids is 1. The Balaban J connectivity index is 1.48. The Bertz CT molecular complexity index is 1160. The molecule has 2 aromatic rings. The highest BCUT2D eigenvalue weighted by molar-refractivity contribution is 8.18. The molecule has 0 atom stereocenters. The monoisotopic (exact) mass is 489 g/mol. The summed E-state index contributed by atoms with van der Waals surface area (Å²) in [7, 11) is 0. The number of carbonyl (C=O) groups is 1. The van der Waals surface area contributed by atoms with Gasteiger partial charge in [-0.2, -0.15) is 0 Å².